The number of benzene rings is 1. The molecule has 1 N–H and O–H groups in total. The molecule has 0 atom stereocenters. The summed E-state index contributed by atoms with van der Waals surface area (Å²) < 4.78 is 5.75. The lowest BCUT2D eigenvalue weighted by atomic mass is 10.1. The monoisotopic (exact) mass is 277 g/mol. The first-order valence-electron chi connectivity index (χ1n) is 7.22. The summed E-state index contributed by atoms with van der Waals surface area (Å²) in [7, 11) is 0. The third-order valence-electron chi connectivity index (χ3n) is 3.60. The molecule has 0 unspecified atom stereocenters. The molecule has 1 heterocycles. The highest BCUT2D eigenvalue weighted by molar-refractivity contribution is 5.77. The van der Waals surface area contributed by atoms with E-state index in [1.807, 2.05) is 19.9 Å². The van der Waals surface area contributed by atoms with Crippen LogP contribution in [0.1, 0.15) is 30.4 Å². The van der Waals surface area contributed by atoms with Gasteiger partial charge in [0.25, 0.3) is 0 Å². The Labute approximate surface area is 120 Å². The molecule has 2 rings (SSSR count). The molecule has 1 aromatic rings. The standard InChI is InChI=1S/C16H23NO3/c1-12-6-7-13(2)15(9-12)20-8-4-3-5-16(19)17-10-14(18)11-17/h6-7,9,14,18H,3-5,8,10-11H2,1-2H3. The quantitative estimate of drug-likeness (QED) is 0.810. The molecular formula is C16H23NO3. The van der Waals surface area contributed by atoms with Crippen molar-refractivity contribution in [2.45, 2.75) is 39.2 Å². The number of carbonyl (C=O) groups excluding carboxylic acids is 1. The van der Waals surface area contributed by atoms with Gasteiger partial charge in [0.2, 0.25) is 5.91 Å². The van der Waals surface area contributed by atoms with Gasteiger partial charge in [0, 0.05) is 19.5 Å². The van der Waals surface area contributed by atoms with E-state index in [0.717, 1.165) is 24.2 Å². The van der Waals surface area contributed by atoms with Crippen LogP contribution in [0, 0.1) is 13.8 Å². The van der Waals surface area contributed by atoms with Gasteiger partial charge >= 0.3 is 0 Å². The lowest BCUT2D eigenvalue weighted by molar-refractivity contribution is -0.141. The topological polar surface area (TPSA) is 49.8 Å². The van der Waals surface area contributed by atoms with Gasteiger partial charge in [-0.05, 0) is 43.9 Å². The Morgan fingerprint density at radius 1 is 1.35 bits per heavy atom. The fraction of sp³-hybridized carbons (Fsp3) is 0.562. The van der Waals surface area contributed by atoms with Crippen LogP contribution in [0.2, 0.25) is 0 Å². The lowest BCUT2D eigenvalue weighted by Crippen LogP contribution is -2.53. The maximum Gasteiger partial charge on any atom is 0.222 e. The van der Waals surface area contributed by atoms with Crippen molar-refractivity contribution in [3.63, 3.8) is 0 Å². The Balaban J connectivity index is 1.62. The minimum Gasteiger partial charge on any atom is -0.493 e. The molecule has 0 saturated carbocycles. The summed E-state index contributed by atoms with van der Waals surface area (Å²) >= 11 is 0. The van der Waals surface area contributed by atoms with E-state index in [-0.39, 0.29) is 12.0 Å². The van der Waals surface area contributed by atoms with Crippen molar-refractivity contribution in [1.29, 1.82) is 0 Å². The summed E-state index contributed by atoms with van der Waals surface area (Å²) in [6, 6.07) is 6.17. The minimum absolute atomic E-state index is 0.141. The highest BCUT2D eigenvalue weighted by atomic mass is 16.5. The van der Waals surface area contributed by atoms with Gasteiger partial charge in [0.15, 0.2) is 0 Å². The van der Waals surface area contributed by atoms with E-state index in [4.69, 9.17) is 9.84 Å². The molecule has 1 amide bonds. The molecule has 0 spiro atoms. The van der Waals surface area contributed by atoms with Crippen LogP contribution in [0.3, 0.4) is 0 Å². The van der Waals surface area contributed by atoms with Gasteiger partial charge < -0.3 is 14.7 Å². The number of carbonyl (C=O) groups is 1. The zero-order valence-corrected chi connectivity index (χ0v) is 12.3. The van der Waals surface area contributed by atoms with Crippen molar-refractivity contribution in [3.8, 4) is 5.75 Å². The van der Waals surface area contributed by atoms with Crippen LogP contribution in [0.25, 0.3) is 0 Å². The summed E-state index contributed by atoms with van der Waals surface area (Å²) in [5.41, 5.74) is 2.33. The number of β-amino-alcohol motifs (C(OH)–C–C–N with tert-alkyl or cyclic N) is 1. The maximum absolute atomic E-state index is 11.7. The van der Waals surface area contributed by atoms with Gasteiger partial charge in [0.05, 0.1) is 12.7 Å². The molecule has 1 fully saturated rings. The Morgan fingerprint density at radius 3 is 2.80 bits per heavy atom. The molecule has 1 aromatic carbocycles. The molecule has 4 heteroatoms. The zero-order chi connectivity index (χ0) is 14.5. The van der Waals surface area contributed by atoms with Crippen LogP contribution in [-0.2, 0) is 4.79 Å². The van der Waals surface area contributed by atoms with Crippen molar-refractivity contribution < 1.29 is 14.6 Å². The molecule has 1 aliphatic rings. The Bertz CT molecular complexity index is 467. The molecule has 0 aliphatic carbocycles. The summed E-state index contributed by atoms with van der Waals surface area (Å²) in [5, 5.41) is 9.14. The molecule has 0 aromatic heterocycles. The highest BCUT2D eigenvalue weighted by Crippen LogP contribution is 2.19. The van der Waals surface area contributed by atoms with Crippen molar-refractivity contribution in [1.82, 2.24) is 4.90 Å². The van der Waals surface area contributed by atoms with E-state index in [0.29, 0.717) is 26.1 Å². The summed E-state index contributed by atoms with van der Waals surface area (Å²) in [5.74, 6) is 1.07. The van der Waals surface area contributed by atoms with Crippen molar-refractivity contribution >= 4 is 5.91 Å². The van der Waals surface area contributed by atoms with Crippen molar-refractivity contribution in [2.75, 3.05) is 19.7 Å². The lowest BCUT2D eigenvalue weighted by Gasteiger charge is -2.35. The highest BCUT2D eigenvalue weighted by Gasteiger charge is 2.27. The third kappa shape index (κ3) is 3.97. The number of aryl methyl sites for hydroxylation is 2. The van der Waals surface area contributed by atoms with Crippen LogP contribution in [0.5, 0.6) is 5.75 Å². The molecule has 0 radical (unpaired) electrons. The van der Waals surface area contributed by atoms with Crippen LogP contribution >= 0.6 is 0 Å². The van der Waals surface area contributed by atoms with Crippen molar-refractivity contribution in [3.05, 3.63) is 29.3 Å². The largest absolute Gasteiger partial charge is 0.493 e. The van der Waals surface area contributed by atoms with E-state index < -0.39 is 0 Å². The van der Waals surface area contributed by atoms with Gasteiger partial charge in [-0.2, -0.15) is 0 Å². The number of unbranched alkanes of at least 4 members (excludes halogenated alkanes) is 1. The normalized spacial score (nSPS) is 15.1. The Hall–Kier alpha value is -1.55. The second kappa shape index (κ2) is 6.75. The number of ether oxygens (including phenoxy) is 1. The number of hydrogen-bond donors (Lipinski definition) is 1. The van der Waals surface area contributed by atoms with Crippen LogP contribution in [0.4, 0.5) is 0 Å². The van der Waals surface area contributed by atoms with Crippen LogP contribution in [0.15, 0.2) is 18.2 Å². The van der Waals surface area contributed by atoms with Gasteiger partial charge in [-0.3, -0.25) is 4.79 Å². The molecule has 1 aliphatic heterocycles. The molecule has 1 saturated heterocycles. The molecule has 110 valence electrons. The maximum atomic E-state index is 11.7. The first-order valence-corrected chi connectivity index (χ1v) is 7.22. The van der Waals surface area contributed by atoms with Crippen LogP contribution in [-0.4, -0.2) is 41.7 Å². The van der Waals surface area contributed by atoms with E-state index in [9.17, 15) is 4.79 Å². The molecule has 4 nitrogen and oxygen atoms in total. The SMILES string of the molecule is Cc1ccc(C)c(OCCCCC(=O)N2CC(O)C2)c1. The van der Waals surface area contributed by atoms with E-state index >= 15 is 0 Å². The minimum atomic E-state index is -0.313. The first kappa shape index (κ1) is 14.9. The number of hydrogen-bond acceptors (Lipinski definition) is 3. The molecular weight excluding hydrogens is 254 g/mol. The van der Waals surface area contributed by atoms with E-state index in [2.05, 4.69) is 12.1 Å². The summed E-state index contributed by atoms with van der Waals surface area (Å²) in [6.07, 6.45) is 1.93. The Kier molecular flexibility index (Phi) is 5.01. The number of aliphatic hydroxyl groups is 1. The first-order chi connectivity index (χ1) is 9.56. The third-order valence-corrected chi connectivity index (χ3v) is 3.60. The second-order valence-corrected chi connectivity index (χ2v) is 5.53. The predicted molar refractivity (Wildman–Crippen MR) is 77.8 cm³/mol. The fourth-order valence-electron chi connectivity index (χ4n) is 2.24. The number of amides is 1. The summed E-state index contributed by atoms with van der Waals surface area (Å²) in [6.45, 7) is 5.72. The fourth-order valence-corrected chi connectivity index (χ4v) is 2.24. The molecule has 0 bridgehead atoms. The smallest absolute Gasteiger partial charge is 0.222 e. The average Bonchev–Trinajstić information content (AvgIpc) is 2.38. The zero-order valence-electron chi connectivity index (χ0n) is 12.3. The Morgan fingerprint density at radius 2 is 2.10 bits per heavy atom. The number of rotatable bonds is 6. The average molecular weight is 277 g/mol. The van der Waals surface area contributed by atoms with E-state index in [1.54, 1.807) is 4.90 Å². The number of nitrogens with zero attached hydrogens (tertiary/aromatic N) is 1. The van der Waals surface area contributed by atoms with Gasteiger partial charge in [-0.15, -0.1) is 0 Å². The van der Waals surface area contributed by atoms with E-state index in [1.165, 1.54) is 5.56 Å². The van der Waals surface area contributed by atoms with Gasteiger partial charge in [-0.1, -0.05) is 12.1 Å². The van der Waals surface area contributed by atoms with Crippen LogP contribution < -0.4 is 4.74 Å². The summed E-state index contributed by atoms with van der Waals surface area (Å²) in [4.78, 5) is 13.4. The second-order valence-electron chi connectivity index (χ2n) is 5.53. The number of likely N-dealkylation sites (tertiary alicyclic amines) is 1. The predicted octanol–water partition coefficient (Wildman–Crippen LogP) is 2.06. The van der Waals surface area contributed by atoms with Gasteiger partial charge in [0.1, 0.15) is 5.75 Å². The van der Waals surface area contributed by atoms with Gasteiger partial charge in [-0.25, -0.2) is 0 Å². The number of aliphatic hydroxyl groups excluding tert-OH is 1. The molecule has 20 heavy (non-hydrogen) atoms. The van der Waals surface area contributed by atoms with Crippen molar-refractivity contribution in [2.24, 2.45) is 0 Å².